The number of likely N-dealkylation sites (tertiary alicyclic amines) is 1. The van der Waals surface area contributed by atoms with Crippen LogP contribution in [0.2, 0.25) is 0 Å². The van der Waals surface area contributed by atoms with Gasteiger partial charge in [-0.1, -0.05) is 12.8 Å². The van der Waals surface area contributed by atoms with Crippen LogP contribution in [0, 0.1) is 5.92 Å². The summed E-state index contributed by atoms with van der Waals surface area (Å²) >= 11 is 0. The number of hydrogen-bond acceptors (Lipinski definition) is 4. The van der Waals surface area contributed by atoms with E-state index in [1.807, 2.05) is 4.90 Å². The Balaban J connectivity index is 1.22. The summed E-state index contributed by atoms with van der Waals surface area (Å²) in [7, 11) is 0. The maximum atomic E-state index is 12.7. The molecule has 8 nitrogen and oxygen atoms in total. The second kappa shape index (κ2) is 8.32. The number of imide groups is 1. The van der Waals surface area contributed by atoms with Gasteiger partial charge in [0, 0.05) is 38.0 Å². The Morgan fingerprint density at radius 2 is 1.76 bits per heavy atom. The van der Waals surface area contributed by atoms with E-state index in [1.165, 1.54) is 11.3 Å². The molecule has 0 radical (unpaired) electrons. The predicted octanol–water partition coefficient (Wildman–Crippen LogP) is 1.54. The molecule has 1 spiro atoms. The molecule has 160 valence electrons. The number of urea groups is 1. The van der Waals surface area contributed by atoms with Crippen LogP contribution in [0.5, 0.6) is 0 Å². The molecule has 2 saturated carbocycles. The van der Waals surface area contributed by atoms with Crippen LogP contribution < -0.4 is 10.6 Å². The number of carbonyl (C=O) groups is 4. The Kier molecular flexibility index (Phi) is 5.79. The maximum absolute atomic E-state index is 12.7. The fourth-order valence-electron chi connectivity index (χ4n) is 5.42. The fourth-order valence-corrected chi connectivity index (χ4v) is 5.42. The Hall–Kier alpha value is -2.12. The molecule has 2 heterocycles. The highest BCUT2D eigenvalue weighted by Crippen LogP contribution is 2.35. The molecule has 5 amide bonds. The molecular weight excluding hydrogens is 372 g/mol. The van der Waals surface area contributed by atoms with Crippen molar-refractivity contribution in [1.29, 1.82) is 0 Å². The van der Waals surface area contributed by atoms with Crippen LogP contribution in [0.3, 0.4) is 0 Å². The van der Waals surface area contributed by atoms with E-state index in [0.717, 1.165) is 51.6 Å². The zero-order valence-corrected chi connectivity index (χ0v) is 17.1. The van der Waals surface area contributed by atoms with Crippen molar-refractivity contribution in [3.63, 3.8) is 0 Å². The third kappa shape index (κ3) is 4.12. The second-order valence-electron chi connectivity index (χ2n) is 9.09. The van der Waals surface area contributed by atoms with Gasteiger partial charge < -0.3 is 15.5 Å². The van der Waals surface area contributed by atoms with Crippen molar-refractivity contribution in [3.8, 4) is 0 Å². The third-order valence-electron chi connectivity index (χ3n) is 7.08. The summed E-state index contributed by atoms with van der Waals surface area (Å²) in [5.74, 6) is -0.0934. The number of hydrogen-bond donors (Lipinski definition) is 2. The standard InChI is InChI=1S/C21H32N4O4/c26-17(8-13-25-19(28)21(23-20(25)29)9-2-3-10-21)22-16-7-6-15(14-16)18(27)24-11-4-1-5-12-24/h15-16H,1-14H2,(H,22,26)(H,23,29)/t15-,16+/m1/s1. The van der Waals surface area contributed by atoms with Gasteiger partial charge in [-0.3, -0.25) is 19.3 Å². The summed E-state index contributed by atoms with van der Waals surface area (Å²) in [5.41, 5.74) is -0.721. The molecule has 4 aliphatic rings. The van der Waals surface area contributed by atoms with Crippen molar-refractivity contribution in [2.75, 3.05) is 19.6 Å². The van der Waals surface area contributed by atoms with E-state index in [-0.39, 0.29) is 48.7 Å². The summed E-state index contributed by atoms with van der Waals surface area (Å²) in [5, 5.41) is 5.84. The lowest BCUT2D eigenvalue weighted by Gasteiger charge is -2.29. The minimum atomic E-state index is -0.721. The molecule has 2 saturated heterocycles. The van der Waals surface area contributed by atoms with Gasteiger partial charge in [0.1, 0.15) is 5.54 Å². The first-order valence-corrected chi connectivity index (χ1v) is 11.2. The Labute approximate surface area is 171 Å². The van der Waals surface area contributed by atoms with Gasteiger partial charge in [-0.15, -0.1) is 0 Å². The van der Waals surface area contributed by atoms with Gasteiger partial charge in [0.2, 0.25) is 11.8 Å². The molecule has 0 aromatic rings. The van der Waals surface area contributed by atoms with Crippen LogP contribution in [0.4, 0.5) is 4.79 Å². The number of carbonyl (C=O) groups excluding carboxylic acids is 4. The first-order chi connectivity index (χ1) is 14.0. The number of rotatable bonds is 5. The summed E-state index contributed by atoms with van der Waals surface area (Å²) in [6, 6.07) is -0.372. The predicted molar refractivity (Wildman–Crippen MR) is 106 cm³/mol. The number of amides is 5. The van der Waals surface area contributed by atoms with Crippen molar-refractivity contribution in [2.45, 2.75) is 82.2 Å². The molecule has 2 aliphatic carbocycles. The lowest BCUT2D eigenvalue weighted by molar-refractivity contribution is -0.136. The molecule has 0 bridgehead atoms. The lowest BCUT2D eigenvalue weighted by Crippen LogP contribution is -2.44. The third-order valence-corrected chi connectivity index (χ3v) is 7.08. The summed E-state index contributed by atoms with van der Waals surface area (Å²) in [4.78, 5) is 53.0. The molecule has 4 rings (SSSR count). The van der Waals surface area contributed by atoms with Crippen LogP contribution in [0.25, 0.3) is 0 Å². The SMILES string of the molecule is O=C(CCN1C(=O)NC2(CCCC2)C1=O)N[C@H]1CC[C@@H](C(=O)N2CCCCC2)C1. The van der Waals surface area contributed by atoms with Crippen LogP contribution >= 0.6 is 0 Å². The molecule has 8 heteroatoms. The number of piperidine rings is 1. The molecule has 4 fully saturated rings. The highest BCUT2D eigenvalue weighted by atomic mass is 16.2. The quantitative estimate of drug-likeness (QED) is 0.679. The summed E-state index contributed by atoms with van der Waals surface area (Å²) in [6.07, 6.45) is 9.06. The van der Waals surface area contributed by atoms with Gasteiger partial charge in [0.05, 0.1) is 0 Å². The monoisotopic (exact) mass is 404 g/mol. The first kappa shape index (κ1) is 20.2. The average molecular weight is 405 g/mol. The minimum absolute atomic E-state index is 0.00511. The highest BCUT2D eigenvalue weighted by molar-refractivity contribution is 6.07. The van der Waals surface area contributed by atoms with Crippen molar-refractivity contribution < 1.29 is 19.2 Å². The topological polar surface area (TPSA) is 98.8 Å². The molecular formula is C21H32N4O4. The number of nitrogens with one attached hydrogen (secondary N) is 2. The smallest absolute Gasteiger partial charge is 0.325 e. The zero-order valence-electron chi connectivity index (χ0n) is 17.1. The Bertz CT molecular complexity index is 682. The summed E-state index contributed by atoms with van der Waals surface area (Å²) in [6.45, 7) is 1.83. The number of nitrogens with zero attached hydrogens (tertiary/aromatic N) is 2. The van der Waals surface area contributed by atoms with E-state index < -0.39 is 5.54 Å². The van der Waals surface area contributed by atoms with Crippen LogP contribution in [-0.2, 0) is 14.4 Å². The molecule has 29 heavy (non-hydrogen) atoms. The highest BCUT2D eigenvalue weighted by Gasteiger charge is 2.52. The van der Waals surface area contributed by atoms with E-state index >= 15 is 0 Å². The van der Waals surface area contributed by atoms with E-state index in [1.54, 1.807) is 0 Å². The molecule has 2 N–H and O–H groups in total. The average Bonchev–Trinajstić information content (AvgIpc) is 3.43. The van der Waals surface area contributed by atoms with Gasteiger partial charge in [0.25, 0.3) is 5.91 Å². The van der Waals surface area contributed by atoms with Crippen molar-refractivity contribution in [2.24, 2.45) is 5.92 Å². The van der Waals surface area contributed by atoms with Crippen LogP contribution in [-0.4, -0.2) is 64.8 Å². The van der Waals surface area contributed by atoms with E-state index in [0.29, 0.717) is 19.3 Å². The molecule has 2 atom stereocenters. The van der Waals surface area contributed by atoms with E-state index in [9.17, 15) is 19.2 Å². The van der Waals surface area contributed by atoms with Crippen molar-refractivity contribution in [3.05, 3.63) is 0 Å². The summed E-state index contributed by atoms with van der Waals surface area (Å²) < 4.78 is 0. The minimum Gasteiger partial charge on any atom is -0.353 e. The largest absolute Gasteiger partial charge is 0.353 e. The molecule has 0 unspecified atom stereocenters. The maximum Gasteiger partial charge on any atom is 0.325 e. The zero-order chi connectivity index (χ0) is 20.4. The Morgan fingerprint density at radius 3 is 2.48 bits per heavy atom. The lowest BCUT2D eigenvalue weighted by atomic mass is 9.98. The molecule has 0 aromatic carbocycles. The van der Waals surface area contributed by atoms with Crippen LogP contribution in [0.15, 0.2) is 0 Å². The van der Waals surface area contributed by atoms with E-state index in [4.69, 9.17) is 0 Å². The van der Waals surface area contributed by atoms with Gasteiger partial charge in [0.15, 0.2) is 0 Å². The first-order valence-electron chi connectivity index (χ1n) is 11.2. The van der Waals surface area contributed by atoms with Gasteiger partial charge in [-0.2, -0.15) is 0 Å². The van der Waals surface area contributed by atoms with Gasteiger partial charge >= 0.3 is 6.03 Å². The van der Waals surface area contributed by atoms with Crippen LogP contribution in [0.1, 0.15) is 70.6 Å². The second-order valence-corrected chi connectivity index (χ2v) is 9.09. The Morgan fingerprint density at radius 1 is 1.03 bits per heavy atom. The van der Waals surface area contributed by atoms with Crippen molar-refractivity contribution >= 4 is 23.8 Å². The normalized spacial score (nSPS) is 28.8. The fraction of sp³-hybridized carbons (Fsp3) is 0.810. The molecule has 0 aromatic heterocycles. The molecule has 2 aliphatic heterocycles. The van der Waals surface area contributed by atoms with E-state index in [2.05, 4.69) is 10.6 Å². The van der Waals surface area contributed by atoms with Gasteiger partial charge in [-0.25, -0.2) is 4.79 Å². The van der Waals surface area contributed by atoms with Gasteiger partial charge in [-0.05, 0) is 51.4 Å². The van der Waals surface area contributed by atoms with Crippen molar-refractivity contribution in [1.82, 2.24) is 20.4 Å².